The lowest BCUT2D eigenvalue weighted by atomic mass is 9.82. The standard InChI is InChI=1S/C16H20O2/c1-3-13(16(17)18-4-2)15-11-7-9-12-8-5-6-10-14(12)15/h5-6,8,10-11,13H,3-4,7,9H2,1-2H3. The van der Waals surface area contributed by atoms with Gasteiger partial charge in [0, 0.05) is 0 Å². The van der Waals surface area contributed by atoms with Crippen LogP contribution in [0.3, 0.4) is 0 Å². The van der Waals surface area contributed by atoms with Crippen LogP contribution in [0.25, 0.3) is 5.57 Å². The Morgan fingerprint density at radius 2 is 2.11 bits per heavy atom. The van der Waals surface area contributed by atoms with Gasteiger partial charge in [0.15, 0.2) is 0 Å². The van der Waals surface area contributed by atoms with Crippen LogP contribution < -0.4 is 0 Å². The van der Waals surface area contributed by atoms with Crippen LogP contribution in [-0.2, 0) is 16.0 Å². The van der Waals surface area contributed by atoms with E-state index in [1.165, 1.54) is 11.1 Å². The van der Waals surface area contributed by atoms with Crippen LogP contribution in [-0.4, -0.2) is 12.6 Å². The second kappa shape index (κ2) is 5.85. The Morgan fingerprint density at radius 1 is 1.33 bits per heavy atom. The minimum Gasteiger partial charge on any atom is -0.466 e. The van der Waals surface area contributed by atoms with Gasteiger partial charge in [-0.25, -0.2) is 0 Å². The highest BCUT2D eigenvalue weighted by molar-refractivity contribution is 5.89. The van der Waals surface area contributed by atoms with E-state index in [1.807, 2.05) is 19.9 Å². The van der Waals surface area contributed by atoms with E-state index in [2.05, 4.69) is 24.3 Å². The summed E-state index contributed by atoms with van der Waals surface area (Å²) < 4.78 is 5.18. The van der Waals surface area contributed by atoms with Crippen molar-refractivity contribution in [3.05, 3.63) is 41.5 Å². The molecule has 0 bridgehead atoms. The summed E-state index contributed by atoms with van der Waals surface area (Å²) in [4.78, 5) is 12.0. The van der Waals surface area contributed by atoms with Crippen LogP contribution in [0.2, 0.25) is 0 Å². The van der Waals surface area contributed by atoms with Gasteiger partial charge in [-0.2, -0.15) is 0 Å². The first-order chi connectivity index (χ1) is 8.77. The Bertz CT molecular complexity index is 460. The van der Waals surface area contributed by atoms with Crippen molar-refractivity contribution < 1.29 is 9.53 Å². The summed E-state index contributed by atoms with van der Waals surface area (Å²) >= 11 is 0. The van der Waals surface area contributed by atoms with Crippen LogP contribution >= 0.6 is 0 Å². The maximum Gasteiger partial charge on any atom is 0.313 e. The summed E-state index contributed by atoms with van der Waals surface area (Å²) in [5.74, 6) is -0.214. The number of hydrogen-bond donors (Lipinski definition) is 0. The lowest BCUT2D eigenvalue weighted by molar-refractivity contribution is -0.145. The predicted molar refractivity (Wildman–Crippen MR) is 73.2 cm³/mol. The maximum atomic E-state index is 12.0. The van der Waals surface area contributed by atoms with Gasteiger partial charge in [-0.1, -0.05) is 37.3 Å². The van der Waals surface area contributed by atoms with Crippen molar-refractivity contribution >= 4 is 11.5 Å². The number of aryl methyl sites for hydroxylation is 1. The molecule has 0 spiro atoms. The van der Waals surface area contributed by atoms with E-state index in [0.717, 1.165) is 24.8 Å². The largest absolute Gasteiger partial charge is 0.466 e. The molecule has 0 saturated carbocycles. The summed E-state index contributed by atoms with van der Waals surface area (Å²) in [6, 6.07) is 8.37. The third-order valence-electron chi connectivity index (χ3n) is 3.46. The molecule has 1 aromatic carbocycles. The van der Waals surface area contributed by atoms with Gasteiger partial charge >= 0.3 is 5.97 Å². The van der Waals surface area contributed by atoms with E-state index in [4.69, 9.17) is 4.74 Å². The normalized spacial score (nSPS) is 15.6. The minimum absolute atomic E-state index is 0.0945. The predicted octanol–water partition coefficient (Wildman–Crippen LogP) is 3.61. The lowest BCUT2D eigenvalue weighted by Crippen LogP contribution is -2.20. The molecule has 0 aliphatic heterocycles. The number of esters is 1. The highest BCUT2D eigenvalue weighted by atomic mass is 16.5. The molecule has 0 N–H and O–H groups in total. The quantitative estimate of drug-likeness (QED) is 0.756. The average molecular weight is 244 g/mol. The zero-order chi connectivity index (χ0) is 13.0. The summed E-state index contributed by atoms with van der Waals surface area (Å²) in [5, 5.41) is 0. The fourth-order valence-corrected chi connectivity index (χ4v) is 2.60. The third kappa shape index (κ3) is 2.47. The molecule has 0 aromatic heterocycles. The van der Waals surface area contributed by atoms with Crippen LogP contribution in [0.5, 0.6) is 0 Å². The fraction of sp³-hybridized carbons (Fsp3) is 0.438. The molecule has 18 heavy (non-hydrogen) atoms. The van der Waals surface area contributed by atoms with E-state index in [1.54, 1.807) is 0 Å². The molecular formula is C16H20O2. The molecule has 0 radical (unpaired) electrons. The third-order valence-corrected chi connectivity index (χ3v) is 3.46. The Labute approximate surface area is 109 Å². The molecule has 2 rings (SSSR count). The molecule has 1 aromatic rings. The van der Waals surface area contributed by atoms with Crippen LogP contribution in [0.4, 0.5) is 0 Å². The molecule has 0 heterocycles. The van der Waals surface area contributed by atoms with Crippen molar-refractivity contribution in [3.8, 4) is 0 Å². The summed E-state index contributed by atoms with van der Waals surface area (Å²) in [5.41, 5.74) is 3.72. The van der Waals surface area contributed by atoms with Gasteiger partial charge in [0.2, 0.25) is 0 Å². The number of carbonyl (C=O) groups excluding carboxylic acids is 1. The Kier molecular flexibility index (Phi) is 4.19. The molecule has 1 aliphatic rings. The Hall–Kier alpha value is -1.57. The van der Waals surface area contributed by atoms with E-state index in [9.17, 15) is 4.79 Å². The van der Waals surface area contributed by atoms with E-state index >= 15 is 0 Å². The number of benzene rings is 1. The molecule has 1 aliphatic carbocycles. The molecule has 1 unspecified atom stereocenters. The minimum atomic E-state index is -0.119. The van der Waals surface area contributed by atoms with Crippen LogP contribution in [0.1, 0.15) is 37.8 Å². The summed E-state index contributed by atoms with van der Waals surface area (Å²) in [6.07, 6.45) is 5.08. The van der Waals surface area contributed by atoms with Gasteiger partial charge in [-0.15, -0.1) is 0 Å². The van der Waals surface area contributed by atoms with E-state index < -0.39 is 0 Å². The smallest absolute Gasteiger partial charge is 0.313 e. The highest BCUT2D eigenvalue weighted by Crippen LogP contribution is 2.33. The average Bonchev–Trinajstić information content (AvgIpc) is 2.40. The molecule has 0 fully saturated rings. The Morgan fingerprint density at radius 3 is 2.83 bits per heavy atom. The van der Waals surface area contributed by atoms with Crippen molar-refractivity contribution in [2.45, 2.75) is 33.1 Å². The molecule has 2 nitrogen and oxygen atoms in total. The van der Waals surface area contributed by atoms with Crippen LogP contribution in [0, 0.1) is 5.92 Å². The van der Waals surface area contributed by atoms with E-state index in [-0.39, 0.29) is 11.9 Å². The van der Waals surface area contributed by atoms with E-state index in [0.29, 0.717) is 6.61 Å². The van der Waals surface area contributed by atoms with Gasteiger partial charge < -0.3 is 4.74 Å². The monoisotopic (exact) mass is 244 g/mol. The second-order valence-corrected chi connectivity index (χ2v) is 4.57. The van der Waals surface area contributed by atoms with Crippen LogP contribution in [0.15, 0.2) is 30.3 Å². The van der Waals surface area contributed by atoms with Crippen molar-refractivity contribution in [1.82, 2.24) is 0 Å². The maximum absolute atomic E-state index is 12.0. The second-order valence-electron chi connectivity index (χ2n) is 4.57. The first-order valence-electron chi connectivity index (χ1n) is 6.72. The Balaban J connectivity index is 2.32. The number of carbonyl (C=O) groups is 1. The summed E-state index contributed by atoms with van der Waals surface area (Å²) in [6.45, 7) is 4.34. The molecule has 0 amide bonds. The first-order valence-corrected chi connectivity index (χ1v) is 6.72. The molecule has 1 atom stereocenters. The molecular weight excluding hydrogens is 224 g/mol. The van der Waals surface area contributed by atoms with Crippen molar-refractivity contribution in [1.29, 1.82) is 0 Å². The number of allylic oxidation sites excluding steroid dienone is 1. The number of rotatable bonds is 4. The van der Waals surface area contributed by atoms with Crippen molar-refractivity contribution in [3.63, 3.8) is 0 Å². The van der Waals surface area contributed by atoms with Gasteiger partial charge in [-0.3, -0.25) is 4.79 Å². The highest BCUT2D eigenvalue weighted by Gasteiger charge is 2.26. The summed E-state index contributed by atoms with van der Waals surface area (Å²) in [7, 11) is 0. The SMILES string of the molecule is CCOC(=O)C(CC)C1=CCCc2ccccc21. The number of fused-ring (bicyclic) bond motifs is 1. The zero-order valence-electron chi connectivity index (χ0n) is 11.1. The topological polar surface area (TPSA) is 26.3 Å². The number of hydrogen-bond acceptors (Lipinski definition) is 2. The molecule has 2 heteroatoms. The van der Waals surface area contributed by atoms with Gasteiger partial charge in [0.25, 0.3) is 0 Å². The zero-order valence-corrected chi connectivity index (χ0v) is 11.1. The molecule has 0 saturated heterocycles. The molecule has 96 valence electrons. The van der Waals surface area contributed by atoms with Crippen molar-refractivity contribution in [2.24, 2.45) is 5.92 Å². The van der Waals surface area contributed by atoms with Crippen molar-refractivity contribution in [2.75, 3.05) is 6.61 Å². The van der Waals surface area contributed by atoms with Gasteiger partial charge in [0.1, 0.15) is 0 Å². The first kappa shape index (κ1) is 12.9. The lowest BCUT2D eigenvalue weighted by Gasteiger charge is -2.23. The van der Waals surface area contributed by atoms with Gasteiger partial charge in [0.05, 0.1) is 12.5 Å². The number of ether oxygens (including phenoxy) is 1. The van der Waals surface area contributed by atoms with Gasteiger partial charge in [-0.05, 0) is 42.9 Å². The fourth-order valence-electron chi connectivity index (χ4n) is 2.60.